The predicted octanol–water partition coefficient (Wildman–Crippen LogP) is 1.45. The molecular weight excluding hydrogens is 306 g/mol. The van der Waals surface area contributed by atoms with E-state index in [0.29, 0.717) is 19.6 Å². The lowest BCUT2D eigenvalue weighted by Crippen LogP contribution is -2.31. The van der Waals surface area contributed by atoms with Crippen LogP contribution in [0.3, 0.4) is 0 Å². The highest BCUT2D eigenvalue weighted by Crippen LogP contribution is 2.40. The van der Waals surface area contributed by atoms with Crippen LogP contribution >= 0.6 is 0 Å². The highest BCUT2D eigenvalue weighted by molar-refractivity contribution is 7.89. The molecule has 0 aromatic rings. The number of carbonyl (C=O) groups excluding carboxylic acids is 1. The normalized spacial score (nSPS) is 26.4. The van der Waals surface area contributed by atoms with Gasteiger partial charge in [-0.3, -0.25) is 4.79 Å². The van der Waals surface area contributed by atoms with Crippen LogP contribution < -0.4 is 4.72 Å². The van der Waals surface area contributed by atoms with Gasteiger partial charge in [-0.15, -0.1) is 0 Å². The molecule has 2 aliphatic rings. The fraction of sp³-hybridized carbons (Fsp3) is 0.933. The Morgan fingerprint density at radius 1 is 1.18 bits per heavy atom. The van der Waals surface area contributed by atoms with Gasteiger partial charge < -0.3 is 9.47 Å². The second kappa shape index (κ2) is 8.26. The average molecular weight is 333 g/mol. The van der Waals surface area contributed by atoms with Gasteiger partial charge in [0.1, 0.15) is 0 Å². The minimum Gasteiger partial charge on any atom is -0.469 e. The third-order valence-corrected chi connectivity index (χ3v) is 5.95. The van der Waals surface area contributed by atoms with Crippen LogP contribution in [0.2, 0.25) is 0 Å². The Hall–Kier alpha value is -0.660. The van der Waals surface area contributed by atoms with Crippen molar-refractivity contribution in [3.05, 3.63) is 0 Å². The Bertz CT molecular complexity index is 457. The van der Waals surface area contributed by atoms with Gasteiger partial charge in [0, 0.05) is 6.54 Å². The molecule has 0 amide bonds. The summed E-state index contributed by atoms with van der Waals surface area (Å²) < 4.78 is 36.8. The minimum atomic E-state index is -3.34. The molecule has 0 aromatic carbocycles. The predicted molar refractivity (Wildman–Crippen MR) is 82.8 cm³/mol. The molecule has 2 rings (SSSR count). The minimum absolute atomic E-state index is 0.00377. The number of ether oxygens (including phenoxy) is 2. The van der Waals surface area contributed by atoms with Crippen LogP contribution in [0.4, 0.5) is 0 Å². The summed E-state index contributed by atoms with van der Waals surface area (Å²) in [6, 6.07) is 0. The summed E-state index contributed by atoms with van der Waals surface area (Å²) in [5.74, 6) is -0.663. The molecule has 0 aromatic heterocycles. The molecule has 6 nitrogen and oxygen atoms in total. The lowest BCUT2D eigenvalue weighted by atomic mass is 10.1. The van der Waals surface area contributed by atoms with Crippen LogP contribution in [-0.2, 0) is 24.3 Å². The Morgan fingerprint density at radius 3 is 2.50 bits per heavy atom. The maximum Gasteiger partial charge on any atom is 0.308 e. The van der Waals surface area contributed by atoms with Crippen LogP contribution in [0.5, 0.6) is 0 Å². The van der Waals surface area contributed by atoms with E-state index in [1.165, 1.54) is 32.8 Å². The van der Waals surface area contributed by atoms with E-state index in [0.717, 1.165) is 12.8 Å². The van der Waals surface area contributed by atoms with Crippen molar-refractivity contribution < 1.29 is 22.7 Å². The first kappa shape index (κ1) is 17.7. The third kappa shape index (κ3) is 5.85. The van der Waals surface area contributed by atoms with E-state index < -0.39 is 10.0 Å². The van der Waals surface area contributed by atoms with Gasteiger partial charge in [-0.1, -0.05) is 25.7 Å². The van der Waals surface area contributed by atoms with Crippen LogP contribution in [-0.4, -0.2) is 46.5 Å². The average Bonchev–Trinajstić information content (AvgIpc) is 3.26. The molecule has 1 N–H and O–H groups in total. The standard InChI is InChI=1S/C15H27NO5S/c1-20-15(17)14-10-12(14)11-22(18,19)16-8-9-21-13-6-4-2-3-5-7-13/h12-14,16H,2-11H2,1H3/t12-,14-/m1/s1. The summed E-state index contributed by atoms with van der Waals surface area (Å²) in [4.78, 5) is 11.3. The monoisotopic (exact) mass is 333 g/mol. The van der Waals surface area contributed by atoms with Gasteiger partial charge in [0.25, 0.3) is 0 Å². The van der Waals surface area contributed by atoms with Crippen LogP contribution in [0, 0.1) is 11.8 Å². The number of esters is 1. The lowest BCUT2D eigenvalue weighted by Gasteiger charge is -2.15. The summed E-state index contributed by atoms with van der Waals surface area (Å²) >= 11 is 0. The molecule has 0 spiro atoms. The second-order valence-electron chi connectivity index (χ2n) is 6.29. The van der Waals surface area contributed by atoms with Gasteiger partial charge in [0.15, 0.2) is 0 Å². The molecule has 0 saturated heterocycles. The van der Waals surface area contributed by atoms with Crippen molar-refractivity contribution in [1.29, 1.82) is 0 Å². The SMILES string of the molecule is COC(=O)[C@@H]1C[C@@H]1CS(=O)(=O)NCCOC1CCCCCC1. The van der Waals surface area contributed by atoms with Crippen molar-refractivity contribution in [2.24, 2.45) is 11.8 Å². The molecule has 0 radical (unpaired) electrons. The Morgan fingerprint density at radius 2 is 1.86 bits per heavy atom. The number of nitrogens with one attached hydrogen (secondary N) is 1. The number of rotatable bonds is 8. The van der Waals surface area contributed by atoms with Crippen LogP contribution in [0.15, 0.2) is 0 Å². The van der Waals surface area contributed by atoms with Crippen LogP contribution in [0.25, 0.3) is 0 Å². The first-order chi connectivity index (χ1) is 10.5. The number of hydrogen-bond acceptors (Lipinski definition) is 5. The first-order valence-corrected chi connectivity index (χ1v) is 9.84. The molecule has 0 heterocycles. The third-order valence-electron chi connectivity index (χ3n) is 4.44. The molecule has 7 heteroatoms. The van der Waals surface area contributed by atoms with Crippen molar-refractivity contribution >= 4 is 16.0 Å². The molecular formula is C15H27NO5S. The van der Waals surface area contributed by atoms with Crippen molar-refractivity contribution in [2.45, 2.75) is 51.0 Å². The van der Waals surface area contributed by atoms with Crippen molar-refractivity contribution in [2.75, 3.05) is 26.0 Å². The Balaban J connectivity index is 1.60. The maximum absolute atomic E-state index is 11.9. The summed E-state index contributed by atoms with van der Waals surface area (Å²) in [7, 11) is -2.01. The highest BCUT2D eigenvalue weighted by atomic mass is 32.2. The van der Waals surface area contributed by atoms with Gasteiger partial charge in [-0.05, 0) is 25.2 Å². The Kier molecular flexibility index (Phi) is 6.65. The molecule has 128 valence electrons. The molecule has 2 aliphatic carbocycles. The smallest absolute Gasteiger partial charge is 0.308 e. The van der Waals surface area contributed by atoms with Gasteiger partial charge in [-0.25, -0.2) is 13.1 Å². The van der Waals surface area contributed by atoms with Crippen molar-refractivity contribution in [3.63, 3.8) is 0 Å². The molecule has 0 aliphatic heterocycles. The molecule has 22 heavy (non-hydrogen) atoms. The highest BCUT2D eigenvalue weighted by Gasteiger charge is 2.46. The largest absolute Gasteiger partial charge is 0.469 e. The number of sulfonamides is 1. The summed E-state index contributed by atoms with van der Waals surface area (Å²) in [6.07, 6.45) is 7.99. The van der Waals surface area contributed by atoms with Gasteiger partial charge in [-0.2, -0.15) is 0 Å². The first-order valence-electron chi connectivity index (χ1n) is 8.18. The van der Waals surface area contributed by atoms with Crippen molar-refractivity contribution in [1.82, 2.24) is 4.72 Å². The summed E-state index contributed by atoms with van der Waals surface area (Å²) in [5.41, 5.74) is 0. The molecule has 2 atom stereocenters. The van der Waals surface area contributed by atoms with E-state index in [2.05, 4.69) is 9.46 Å². The van der Waals surface area contributed by atoms with E-state index in [1.54, 1.807) is 0 Å². The quantitative estimate of drug-likeness (QED) is 0.413. The van der Waals surface area contributed by atoms with E-state index in [4.69, 9.17) is 4.74 Å². The zero-order valence-corrected chi connectivity index (χ0v) is 14.1. The number of hydrogen-bond donors (Lipinski definition) is 1. The van der Waals surface area contributed by atoms with E-state index in [-0.39, 0.29) is 29.7 Å². The lowest BCUT2D eigenvalue weighted by molar-refractivity contribution is -0.142. The zero-order chi connectivity index (χ0) is 16.0. The second-order valence-corrected chi connectivity index (χ2v) is 8.14. The number of methoxy groups -OCH3 is 1. The van der Waals surface area contributed by atoms with Crippen LogP contribution in [0.1, 0.15) is 44.9 Å². The fourth-order valence-electron chi connectivity index (χ4n) is 3.04. The van der Waals surface area contributed by atoms with Gasteiger partial charge >= 0.3 is 5.97 Å². The molecule has 0 unspecified atom stereocenters. The molecule has 2 fully saturated rings. The molecule has 0 bridgehead atoms. The number of carbonyl (C=O) groups is 1. The zero-order valence-electron chi connectivity index (χ0n) is 13.3. The van der Waals surface area contributed by atoms with E-state index >= 15 is 0 Å². The van der Waals surface area contributed by atoms with E-state index in [9.17, 15) is 13.2 Å². The van der Waals surface area contributed by atoms with E-state index in [1.807, 2.05) is 0 Å². The van der Waals surface area contributed by atoms with Gasteiger partial charge in [0.05, 0.1) is 31.5 Å². The Labute approximate surface area is 133 Å². The topological polar surface area (TPSA) is 81.7 Å². The molecule has 2 saturated carbocycles. The van der Waals surface area contributed by atoms with Crippen molar-refractivity contribution in [3.8, 4) is 0 Å². The van der Waals surface area contributed by atoms with Gasteiger partial charge in [0.2, 0.25) is 10.0 Å². The summed E-state index contributed by atoms with van der Waals surface area (Å²) in [5, 5.41) is 0. The fourth-order valence-corrected chi connectivity index (χ4v) is 4.49. The summed E-state index contributed by atoms with van der Waals surface area (Å²) in [6.45, 7) is 0.712. The maximum atomic E-state index is 11.9.